The number of amides is 1. The molecule has 0 aromatic carbocycles. The van der Waals surface area contributed by atoms with E-state index in [1.54, 1.807) is 19.3 Å². The minimum Gasteiger partial charge on any atom is -0.368 e. The van der Waals surface area contributed by atoms with Crippen molar-refractivity contribution in [1.29, 1.82) is 0 Å². The molecular weight excluding hydrogens is 240 g/mol. The van der Waals surface area contributed by atoms with Crippen LogP contribution in [0.15, 0.2) is 24.5 Å². The van der Waals surface area contributed by atoms with Gasteiger partial charge in [0.25, 0.3) is 0 Å². The number of rotatable bonds is 8. The number of hydrogen-bond donors (Lipinski definition) is 2. The van der Waals surface area contributed by atoms with E-state index in [0.717, 1.165) is 25.2 Å². The first kappa shape index (κ1) is 15.6. The van der Waals surface area contributed by atoms with Crippen molar-refractivity contribution in [3.05, 3.63) is 30.1 Å². The van der Waals surface area contributed by atoms with Crippen molar-refractivity contribution in [3.63, 3.8) is 0 Å². The summed E-state index contributed by atoms with van der Waals surface area (Å²) in [6.45, 7) is 9.63. The maximum absolute atomic E-state index is 11.8. The number of carbonyl (C=O) groups is 1. The zero-order valence-electron chi connectivity index (χ0n) is 12.0. The summed E-state index contributed by atoms with van der Waals surface area (Å²) in [6, 6.07) is 3.67. The van der Waals surface area contributed by atoms with Gasteiger partial charge in [-0.05, 0) is 31.6 Å². The summed E-state index contributed by atoms with van der Waals surface area (Å²) in [5.74, 6) is -0.389. The second-order valence-corrected chi connectivity index (χ2v) is 4.68. The highest BCUT2D eigenvalue weighted by Gasteiger charge is 2.32. The van der Waals surface area contributed by atoms with Crippen molar-refractivity contribution in [1.82, 2.24) is 15.2 Å². The van der Waals surface area contributed by atoms with Crippen molar-refractivity contribution in [3.8, 4) is 0 Å². The molecule has 0 aliphatic heterocycles. The van der Waals surface area contributed by atoms with Crippen molar-refractivity contribution >= 4 is 5.91 Å². The molecule has 0 aliphatic carbocycles. The van der Waals surface area contributed by atoms with E-state index in [1.165, 1.54) is 0 Å². The summed E-state index contributed by atoms with van der Waals surface area (Å²) in [5, 5.41) is 3.25. The van der Waals surface area contributed by atoms with Gasteiger partial charge in [0.1, 0.15) is 5.54 Å². The standard InChI is InChI=1S/C14H24N4O/c1-4-18(5-2)10-9-17-14(3,13(15)19)12-7-6-8-16-11-12/h6-8,11,17H,4-5,9-10H2,1-3H3,(H2,15,19). The van der Waals surface area contributed by atoms with Gasteiger partial charge in [-0.25, -0.2) is 0 Å². The van der Waals surface area contributed by atoms with E-state index in [0.29, 0.717) is 6.54 Å². The average molecular weight is 264 g/mol. The fraction of sp³-hybridized carbons (Fsp3) is 0.571. The second-order valence-electron chi connectivity index (χ2n) is 4.68. The Hall–Kier alpha value is -1.46. The van der Waals surface area contributed by atoms with Crippen LogP contribution in [0.3, 0.4) is 0 Å². The van der Waals surface area contributed by atoms with Crippen LogP contribution >= 0.6 is 0 Å². The molecule has 1 amide bonds. The van der Waals surface area contributed by atoms with Crippen LogP contribution in [-0.2, 0) is 10.3 Å². The van der Waals surface area contributed by atoms with Crippen LogP contribution in [0.1, 0.15) is 26.3 Å². The molecule has 0 fully saturated rings. The highest BCUT2D eigenvalue weighted by atomic mass is 16.1. The van der Waals surface area contributed by atoms with Crippen LogP contribution in [0.5, 0.6) is 0 Å². The molecule has 1 atom stereocenters. The van der Waals surface area contributed by atoms with Crippen LogP contribution in [0.4, 0.5) is 0 Å². The van der Waals surface area contributed by atoms with Crippen LogP contribution < -0.4 is 11.1 Å². The number of primary amides is 1. The van der Waals surface area contributed by atoms with E-state index in [2.05, 4.69) is 29.0 Å². The molecule has 0 saturated carbocycles. The topological polar surface area (TPSA) is 71.2 Å². The van der Waals surface area contributed by atoms with Crippen LogP contribution in [-0.4, -0.2) is 42.0 Å². The minimum absolute atomic E-state index is 0.389. The SMILES string of the molecule is CCN(CC)CCNC(C)(C(N)=O)c1cccnc1. The smallest absolute Gasteiger partial charge is 0.242 e. The maximum Gasteiger partial charge on any atom is 0.242 e. The second kappa shape index (κ2) is 7.21. The Morgan fingerprint density at radius 2 is 2.16 bits per heavy atom. The molecule has 1 rings (SSSR count). The number of nitrogens with one attached hydrogen (secondary N) is 1. The number of hydrogen-bond acceptors (Lipinski definition) is 4. The lowest BCUT2D eigenvalue weighted by molar-refractivity contribution is -0.124. The van der Waals surface area contributed by atoms with E-state index in [-0.39, 0.29) is 5.91 Å². The third kappa shape index (κ3) is 4.01. The molecule has 0 bridgehead atoms. The molecule has 106 valence electrons. The molecule has 3 N–H and O–H groups in total. The van der Waals surface area contributed by atoms with Crippen molar-refractivity contribution in [2.24, 2.45) is 5.73 Å². The lowest BCUT2D eigenvalue weighted by Gasteiger charge is -2.29. The Labute approximate surface area is 115 Å². The summed E-state index contributed by atoms with van der Waals surface area (Å²) in [7, 11) is 0. The fourth-order valence-corrected chi connectivity index (χ4v) is 1.99. The van der Waals surface area contributed by atoms with Crippen LogP contribution in [0, 0.1) is 0 Å². The summed E-state index contributed by atoms with van der Waals surface area (Å²) in [6.07, 6.45) is 3.36. The normalized spacial score (nSPS) is 14.3. The zero-order chi connectivity index (χ0) is 14.3. The lowest BCUT2D eigenvalue weighted by atomic mass is 9.92. The Balaban J connectivity index is 2.71. The number of carbonyl (C=O) groups excluding carboxylic acids is 1. The molecule has 5 nitrogen and oxygen atoms in total. The van der Waals surface area contributed by atoms with Crippen LogP contribution in [0.25, 0.3) is 0 Å². The average Bonchev–Trinajstić information content (AvgIpc) is 2.44. The van der Waals surface area contributed by atoms with E-state index < -0.39 is 5.54 Å². The molecule has 5 heteroatoms. The van der Waals surface area contributed by atoms with Crippen molar-refractivity contribution in [2.75, 3.05) is 26.2 Å². The van der Waals surface area contributed by atoms with E-state index in [1.807, 2.05) is 12.1 Å². The van der Waals surface area contributed by atoms with Gasteiger partial charge in [0.15, 0.2) is 0 Å². The molecule has 0 aliphatic rings. The van der Waals surface area contributed by atoms with Gasteiger partial charge in [-0.3, -0.25) is 15.1 Å². The molecule has 1 aromatic rings. The number of aromatic nitrogens is 1. The highest BCUT2D eigenvalue weighted by molar-refractivity contribution is 5.85. The summed E-state index contributed by atoms with van der Waals surface area (Å²) < 4.78 is 0. The minimum atomic E-state index is -0.874. The number of likely N-dealkylation sites (N-methyl/N-ethyl adjacent to an activating group) is 1. The largest absolute Gasteiger partial charge is 0.368 e. The maximum atomic E-state index is 11.8. The van der Waals surface area contributed by atoms with E-state index >= 15 is 0 Å². The molecule has 1 heterocycles. The van der Waals surface area contributed by atoms with Crippen molar-refractivity contribution in [2.45, 2.75) is 26.3 Å². The van der Waals surface area contributed by atoms with E-state index in [9.17, 15) is 4.79 Å². The quantitative estimate of drug-likeness (QED) is 0.725. The first-order valence-corrected chi connectivity index (χ1v) is 6.72. The molecule has 1 aromatic heterocycles. The molecule has 1 unspecified atom stereocenters. The Morgan fingerprint density at radius 3 is 2.63 bits per heavy atom. The summed E-state index contributed by atoms with van der Waals surface area (Å²) in [4.78, 5) is 18.1. The van der Waals surface area contributed by atoms with Gasteiger partial charge < -0.3 is 10.6 Å². The van der Waals surface area contributed by atoms with Gasteiger partial charge in [-0.15, -0.1) is 0 Å². The molecule has 0 radical (unpaired) electrons. The zero-order valence-corrected chi connectivity index (χ0v) is 12.0. The van der Waals surface area contributed by atoms with Crippen LogP contribution in [0.2, 0.25) is 0 Å². The Bertz CT molecular complexity index is 392. The molecular formula is C14H24N4O. The van der Waals surface area contributed by atoms with Gasteiger partial charge >= 0.3 is 0 Å². The van der Waals surface area contributed by atoms with Gasteiger partial charge in [0.2, 0.25) is 5.91 Å². The van der Waals surface area contributed by atoms with E-state index in [4.69, 9.17) is 5.73 Å². The molecule has 0 spiro atoms. The first-order chi connectivity index (χ1) is 9.04. The molecule has 0 saturated heterocycles. The number of nitrogens with two attached hydrogens (primary N) is 1. The third-order valence-corrected chi connectivity index (χ3v) is 3.53. The predicted molar refractivity (Wildman–Crippen MR) is 76.6 cm³/mol. The Morgan fingerprint density at radius 1 is 1.47 bits per heavy atom. The third-order valence-electron chi connectivity index (χ3n) is 3.53. The first-order valence-electron chi connectivity index (χ1n) is 6.72. The monoisotopic (exact) mass is 264 g/mol. The Kier molecular flexibility index (Phi) is 5.92. The van der Waals surface area contributed by atoms with Gasteiger partial charge in [-0.1, -0.05) is 19.9 Å². The number of nitrogens with zero attached hydrogens (tertiary/aromatic N) is 2. The van der Waals surface area contributed by atoms with Crippen molar-refractivity contribution < 1.29 is 4.79 Å². The van der Waals surface area contributed by atoms with Gasteiger partial charge in [0.05, 0.1) is 0 Å². The van der Waals surface area contributed by atoms with Gasteiger partial charge in [0, 0.05) is 25.5 Å². The predicted octanol–water partition coefficient (Wildman–Crippen LogP) is 0.714. The highest BCUT2D eigenvalue weighted by Crippen LogP contribution is 2.18. The summed E-state index contributed by atoms with van der Waals surface area (Å²) >= 11 is 0. The summed E-state index contributed by atoms with van der Waals surface area (Å²) in [5.41, 5.74) is 5.46. The molecule has 19 heavy (non-hydrogen) atoms. The number of pyridine rings is 1. The lowest BCUT2D eigenvalue weighted by Crippen LogP contribution is -2.52. The van der Waals surface area contributed by atoms with Gasteiger partial charge in [-0.2, -0.15) is 0 Å². The fourth-order valence-electron chi connectivity index (χ4n) is 1.99.